The number of hydrogen-bond acceptors (Lipinski definition) is 4. The number of nitrogens with two attached hydrogens (primary N) is 1. The van der Waals surface area contributed by atoms with Gasteiger partial charge in [-0.15, -0.1) is 0 Å². The van der Waals surface area contributed by atoms with E-state index in [4.69, 9.17) is 0 Å². The summed E-state index contributed by atoms with van der Waals surface area (Å²) in [5, 5.41) is 0. The minimum atomic E-state index is -2.44. The molecule has 0 fully saturated rings. The molecule has 7 heavy (non-hydrogen) atoms. The average Bonchev–Trinajstić information content (AvgIpc) is 1.35. The molecule has 0 saturated carbocycles. The van der Waals surface area contributed by atoms with E-state index in [1.54, 1.807) is 0 Å². The predicted octanol–water partition coefficient (Wildman–Crippen LogP) is -4.17. The molecule has 0 aliphatic heterocycles. The first kappa shape index (κ1) is 11.5. The molecule has 0 aromatic heterocycles. The van der Waals surface area contributed by atoms with Crippen LogP contribution in [0, 0.1) is 0 Å². The van der Waals surface area contributed by atoms with E-state index in [1.807, 2.05) is 0 Å². The van der Waals surface area contributed by atoms with Crippen LogP contribution in [0.15, 0.2) is 0 Å². The smallest absolute Gasteiger partial charge is 1.00 e. The number of rotatable bonds is 2. The van der Waals surface area contributed by atoms with Gasteiger partial charge in [-0.3, -0.25) is 4.18 Å². The molecule has 40 valence electrons. The quantitative estimate of drug-likeness (QED) is 0.246. The Morgan fingerprint density at radius 3 is 2.43 bits per heavy atom. The minimum Gasteiger partial charge on any atom is -1.00 e. The second-order valence-electron chi connectivity index (χ2n) is 0.489. The van der Waals surface area contributed by atoms with Crippen molar-refractivity contribution in [3.63, 3.8) is 0 Å². The van der Waals surface area contributed by atoms with E-state index in [1.165, 1.54) is 0 Å². The Balaban J connectivity index is -0.000000125. The molecule has 0 heterocycles. The van der Waals surface area contributed by atoms with Crippen LogP contribution < -0.4 is 57.1 Å². The van der Waals surface area contributed by atoms with Crippen molar-refractivity contribution in [2.45, 2.75) is 0 Å². The van der Waals surface area contributed by atoms with Crippen LogP contribution in [-0.4, -0.2) is 15.5 Å². The largest absolute Gasteiger partial charge is 1.00 e. The minimum absolute atomic E-state index is 0. The summed E-state index contributed by atoms with van der Waals surface area (Å²) in [6, 6.07) is 0. The Bertz CT molecular complexity index is 63.2. The Morgan fingerprint density at radius 2 is 2.43 bits per heavy atom. The van der Waals surface area contributed by atoms with E-state index in [2.05, 4.69) is 9.92 Å². The zero-order chi connectivity index (χ0) is 4.99. The third-order valence-electron chi connectivity index (χ3n) is 0.164. The van der Waals surface area contributed by atoms with Gasteiger partial charge in [0.2, 0.25) is 0 Å². The molecular weight excluding hydrogens is 145 g/mol. The summed E-state index contributed by atoms with van der Waals surface area (Å²) in [5.74, 6) is 0. The fraction of sp³-hybridized carbons (Fsp3) is 1.00. The zero-order valence-corrected chi connectivity index (χ0v) is 7.86. The topological polar surface area (TPSA) is 75.4 Å². The van der Waals surface area contributed by atoms with Gasteiger partial charge in [-0.2, -0.15) is 0 Å². The van der Waals surface area contributed by atoms with E-state index in [9.17, 15) is 8.76 Å². The van der Waals surface area contributed by atoms with Gasteiger partial charge in [0.05, 0.1) is 11.4 Å². The van der Waals surface area contributed by atoms with Crippen molar-refractivity contribution in [1.82, 2.24) is 0 Å². The molecule has 6 heteroatoms. The molecule has 0 aromatic rings. The standard InChI is InChI=1S/CH5NO3S.K.H/c2-1-5-6(3)4;;/h1-2H2,(H,3,4);;/q;+1;-1/p-1. The van der Waals surface area contributed by atoms with Gasteiger partial charge in [0.15, 0.2) is 0 Å². The van der Waals surface area contributed by atoms with E-state index < -0.39 is 11.4 Å². The molecule has 0 bridgehead atoms. The van der Waals surface area contributed by atoms with Crippen molar-refractivity contribution in [1.29, 1.82) is 0 Å². The molecule has 0 radical (unpaired) electrons. The first-order valence-electron chi connectivity index (χ1n) is 1.20. The van der Waals surface area contributed by atoms with Crippen LogP contribution >= 0.6 is 0 Å². The first-order valence-corrected chi connectivity index (χ1v) is 2.20. The van der Waals surface area contributed by atoms with Crippen molar-refractivity contribution >= 4 is 11.4 Å². The molecule has 1 unspecified atom stereocenters. The molecule has 0 aliphatic carbocycles. The van der Waals surface area contributed by atoms with E-state index >= 15 is 0 Å². The Hall–Kier alpha value is 1.67. The molecular formula is CH5KNO3S-. The van der Waals surface area contributed by atoms with Crippen LogP contribution in [0.1, 0.15) is 1.43 Å². The van der Waals surface area contributed by atoms with Crippen LogP contribution in [0.25, 0.3) is 0 Å². The van der Waals surface area contributed by atoms with Crippen LogP contribution in [0.5, 0.6) is 0 Å². The molecule has 0 aromatic carbocycles. The molecule has 0 aliphatic rings. The summed E-state index contributed by atoms with van der Waals surface area (Å²) < 4.78 is 22.3. The molecule has 1 atom stereocenters. The SMILES string of the molecule is NCOS(=O)[O-].[H-].[K+]. The second-order valence-corrected chi connectivity index (χ2v) is 1.13. The normalized spacial score (nSPS) is 12.3. The molecule has 0 saturated heterocycles. The van der Waals surface area contributed by atoms with Crippen LogP contribution in [-0.2, 0) is 15.5 Å². The summed E-state index contributed by atoms with van der Waals surface area (Å²) in [4.78, 5) is 0. The van der Waals surface area contributed by atoms with Gasteiger partial charge in [-0.25, -0.2) is 4.21 Å². The summed E-state index contributed by atoms with van der Waals surface area (Å²) in [6.07, 6.45) is 0. The third kappa shape index (κ3) is 11.3. The van der Waals surface area contributed by atoms with E-state index in [0.717, 1.165) is 0 Å². The second kappa shape index (κ2) is 7.67. The maximum absolute atomic E-state index is 9.30. The summed E-state index contributed by atoms with van der Waals surface area (Å²) in [7, 11) is 0. The van der Waals surface area contributed by atoms with Crippen molar-refractivity contribution in [2.75, 3.05) is 6.73 Å². The van der Waals surface area contributed by atoms with Gasteiger partial charge >= 0.3 is 51.4 Å². The van der Waals surface area contributed by atoms with E-state index in [0.29, 0.717) is 0 Å². The summed E-state index contributed by atoms with van der Waals surface area (Å²) in [5.41, 5.74) is 4.61. The fourth-order valence-electron chi connectivity index (χ4n) is 0.0556. The van der Waals surface area contributed by atoms with E-state index in [-0.39, 0.29) is 59.5 Å². The van der Waals surface area contributed by atoms with Crippen molar-refractivity contribution < 1.29 is 65.8 Å². The van der Waals surface area contributed by atoms with Crippen molar-refractivity contribution in [3.8, 4) is 0 Å². The average molecular weight is 150 g/mol. The van der Waals surface area contributed by atoms with Gasteiger partial charge in [0.25, 0.3) is 0 Å². The summed E-state index contributed by atoms with van der Waals surface area (Å²) >= 11 is -2.44. The van der Waals surface area contributed by atoms with Crippen LogP contribution in [0.2, 0.25) is 0 Å². The van der Waals surface area contributed by atoms with Gasteiger partial charge in [0, 0.05) is 0 Å². The molecule has 4 nitrogen and oxygen atoms in total. The molecule has 0 amide bonds. The van der Waals surface area contributed by atoms with Gasteiger partial charge in [0.1, 0.15) is 6.73 Å². The Labute approximate surface area is 88.2 Å². The van der Waals surface area contributed by atoms with Crippen LogP contribution in [0.4, 0.5) is 0 Å². The fourth-order valence-corrected chi connectivity index (χ4v) is 0.167. The Morgan fingerprint density at radius 1 is 2.00 bits per heavy atom. The van der Waals surface area contributed by atoms with Crippen molar-refractivity contribution in [2.24, 2.45) is 5.73 Å². The molecule has 2 N–H and O–H groups in total. The first-order chi connectivity index (χ1) is 2.77. The maximum atomic E-state index is 9.30. The third-order valence-corrected chi connectivity index (χ3v) is 0.493. The van der Waals surface area contributed by atoms with Gasteiger partial charge in [-0.05, 0) is 0 Å². The molecule has 0 spiro atoms. The predicted molar refractivity (Wildman–Crippen MR) is 20.2 cm³/mol. The number of hydrogen-bond donors (Lipinski definition) is 1. The monoisotopic (exact) mass is 150 g/mol. The molecule has 0 rings (SSSR count). The van der Waals surface area contributed by atoms with Crippen molar-refractivity contribution in [3.05, 3.63) is 0 Å². The zero-order valence-electron chi connectivity index (χ0n) is 4.92. The summed E-state index contributed by atoms with van der Waals surface area (Å²) in [6.45, 7) is -0.282. The van der Waals surface area contributed by atoms with Gasteiger partial charge in [-0.1, -0.05) is 0 Å². The van der Waals surface area contributed by atoms with Gasteiger partial charge < -0.3 is 11.7 Å². The maximum Gasteiger partial charge on any atom is 1.00 e. The van der Waals surface area contributed by atoms with Crippen LogP contribution in [0.3, 0.4) is 0 Å². The Kier molecular flexibility index (Phi) is 12.6.